The monoisotopic (exact) mass is 308 g/mol. The number of hydrogen-bond donors (Lipinski definition) is 1. The normalized spacial score (nSPS) is 22.1. The number of carbonyl (C=O) groups is 1. The maximum Gasteiger partial charge on any atom is 0.328 e. The third-order valence-corrected chi connectivity index (χ3v) is 4.30. The molecule has 1 fully saturated rings. The first-order valence-corrected chi connectivity index (χ1v) is 7.13. The van der Waals surface area contributed by atoms with Crippen LogP contribution in [0, 0.1) is 5.92 Å². The van der Waals surface area contributed by atoms with Crippen LogP contribution in [0.2, 0.25) is 0 Å². The van der Waals surface area contributed by atoms with Crippen molar-refractivity contribution in [3.8, 4) is 0 Å². The number of allylic oxidation sites excluding steroid dienone is 1. The molecule has 0 radical (unpaired) electrons. The molecule has 0 saturated heterocycles. The number of hydrogen-bond acceptors (Lipinski definition) is 1. The van der Waals surface area contributed by atoms with Crippen LogP contribution in [0.4, 0.5) is 0 Å². The summed E-state index contributed by atoms with van der Waals surface area (Å²) in [6.07, 6.45) is 6.70. The molecule has 96 valence electrons. The van der Waals surface area contributed by atoms with E-state index in [1.54, 1.807) is 0 Å². The van der Waals surface area contributed by atoms with Gasteiger partial charge in [0.25, 0.3) is 0 Å². The minimum absolute atomic E-state index is 0.383. The van der Waals surface area contributed by atoms with Gasteiger partial charge >= 0.3 is 5.97 Å². The Kier molecular flexibility index (Phi) is 4.59. The molecule has 0 bridgehead atoms. The fraction of sp³-hybridized carbons (Fsp3) is 0.400. The first-order valence-electron chi connectivity index (χ1n) is 6.33. The van der Waals surface area contributed by atoms with Gasteiger partial charge in [0.15, 0.2) is 0 Å². The Hall–Kier alpha value is -1.09. The second-order valence-corrected chi connectivity index (χ2v) is 5.65. The average molecular weight is 309 g/mol. The second-order valence-electron chi connectivity index (χ2n) is 4.80. The molecule has 1 unspecified atom stereocenters. The third kappa shape index (κ3) is 3.45. The lowest BCUT2D eigenvalue weighted by Gasteiger charge is -2.25. The highest BCUT2D eigenvalue weighted by Crippen LogP contribution is 2.33. The zero-order chi connectivity index (χ0) is 13.0. The lowest BCUT2D eigenvalue weighted by molar-refractivity contribution is -0.131. The van der Waals surface area contributed by atoms with Gasteiger partial charge < -0.3 is 5.11 Å². The van der Waals surface area contributed by atoms with E-state index in [1.807, 2.05) is 18.2 Å². The largest absolute Gasteiger partial charge is 0.478 e. The Morgan fingerprint density at radius 3 is 2.89 bits per heavy atom. The Morgan fingerprint density at radius 2 is 2.17 bits per heavy atom. The standard InChI is InChI=1S/C15H17BrO2/c16-14-8-4-3-7-13(14)9-11-5-1-2-6-12(11)10-15(17)18/h3-4,7-8,10-11H,1-2,5-6,9H2,(H,17,18). The van der Waals surface area contributed by atoms with Crippen LogP contribution in [-0.4, -0.2) is 11.1 Å². The molecule has 1 aliphatic carbocycles. The van der Waals surface area contributed by atoms with E-state index in [0.717, 1.165) is 35.7 Å². The quantitative estimate of drug-likeness (QED) is 0.850. The van der Waals surface area contributed by atoms with Crippen LogP contribution in [0.3, 0.4) is 0 Å². The van der Waals surface area contributed by atoms with Crippen LogP contribution in [-0.2, 0) is 11.2 Å². The van der Waals surface area contributed by atoms with Crippen molar-refractivity contribution in [2.45, 2.75) is 32.1 Å². The predicted octanol–water partition coefficient (Wildman–Crippen LogP) is 4.19. The Labute approximate surface area is 116 Å². The summed E-state index contributed by atoms with van der Waals surface area (Å²) in [4.78, 5) is 10.8. The van der Waals surface area contributed by atoms with Crippen molar-refractivity contribution in [1.29, 1.82) is 0 Å². The van der Waals surface area contributed by atoms with Gasteiger partial charge in [-0.15, -0.1) is 0 Å². The maximum absolute atomic E-state index is 10.8. The number of carboxylic acids is 1. The molecule has 3 heteroatoms. The zero-order valence-electron chi connectivity index (χ0n) is 10.2. The molecule has 0 aromatic heterocycles. The lowest BCUT2D eigenvalue weighted by Crippen LogP contribution is -2.14. The summed E-state index contributed by atoms with van der Waals surface area (Å²) in [6.45, 7) is 0. The fourth-order valence-corrected chi connectivity index (χ4v) is 3.07. The van der Waals surface area contributed by atoms with E-state index in [4.69, 9.17) is 5.11 Å². The zero-order valence-corrected chi connectivity index (χ0v) is 11.8. The van der Waals surface area contributed by atoms with Crippen molar-refractivity contribution >= 4 is 21.9 Å². The van der Waals surface area contributed by atoms with Crippen molar-refractivity contribution in [3.05, 3.63) is 46.0 Å². The van der Waals surface area contributed by atoms with Gasteiger partial charge in [0.05, 0.1) is 0 Å². The summed E-state index contributed by atoms with van der Waals surface area (Å²) in [7, 11) is 0. The van der Waals surface area contributed by atoms with Crippen molar-refractivity contribution in [3.63, 3.8) is 0 Å². The number of aliphatic carboxylic acids is 1. The first kappa shape index (κ1) is 13.3. The molecule has 0 aliphatic heterocycles. The summed E-state index contributed by atoms with van der Waals surface area (Å²) in [5.74, 6) is -0.433. The van der Waals surface area contributed by atoms with E-state index in [2.05, 4.69) is 22.0 Å². The Morgan fingerprint density at radius 1 is 1.39 bits per heavy atom. The summed E-state index contributed by atoms with van der Waals surface area (Å²) in [5.41, 5.74) is 2.37. The van der Waals surface area contributed by atoms with E-state index < -0.39 is 5.97 Å². The van der Waals surface area contributed by atoms with Crippen LogP contribution >= 0.6 is 15.9 Å². The van der Waals surface area contributed by atoms with Crippen molar-refractivity contribution < 1.29 is 9.90 Å². The molecule has 1 aromatic rings. The number of halogens is 1. The number of benzene rings is 1. The molecule has 0 heterocycles. The van der Waals surface area contributed by atoms with Crippen LogP contribution < -0.4 is 0 Å². The van der Waals surface area contributed by atoms with Crippen LogP contribution in [0.1, 0.15) is 31.2 Å². The van der Waals surface area contributed by atoms with Crippen LogP contribution in [0.15, 0.2) is 40.4 Å². The van der Waals surface area contributed by atoms with Gasteiger partial charge in [0, 0.05) is 10.5 Å². The molecule has 1 saturated carbocycles. The fourth-order valence-electron chi connectivity index (χ4n) is 2.62. The molecule has 1 atom stereocenters. The van der Waals surface area contributed by atoms with Gasteiger partial charge in [-0.2, -0.15) is 0 Å². The lowest BCUT2D eigenvalue weighted by atomic mass is 9.80. The molecule has 1 aliphatic rings. The van der Waals surface area contributed by atoms with Crippen molar-refractivity contribution in [2.24, 2.45) is 5.92 Å². The predicted molar refractivity (Wildman–Crippen MR) is 75.5 cm³/mol. The van der Waals surface area contributed by atoms with E-state index in [0.29, 0.717) is 5.92 Å². The second kappa shape index (κ2) is 6.19. The van der Waals surface area contributed by atoms with Gasteiger partial charge in [-0.25, -0.2) is 4.79 Å². The molecular formula is C15H17BrO2. The molecule has 2 rings (SSSR count). The van der Waals surface area contributed by atoms with Crippen LogP contribution in [0.25, 0.3) is 0 Å². The van der Waals surface area contributed by atoms with E-state index >= 15 is 0 Å². The minimum Gasteiger partial charge on any atom is -0.478 e. The van der Waals surface area contributed by atoms with Gasteiger partial charge in [0.2, 0.25) is 0 Å². The molecule has 0 spiro atoms. The summed E-state index contributed by atoms with van der Waals surface area (Å²) in [5, 5.41) is 8.92. The van der Waals surface area contributed by atoms with E-state index in [-0.39, 0.29) is 0 Å². The molecule has 1 N–H and O–H groups in total. The minimum atomic E-state index is -0.816. The number of carboxylic acid groups (broad SMARTS) is 1. The molecule has 0 amide bonds. The van der Waals surface area contributed by atoms with Crippen molar-refractivity contribution in [2.75, 3.05) is 0 Å². The SMILES string of the molecule is O=C(O)C=C1CCCCC1Cc1ccccc1Br. The van der Waals surface area contributed by atoms with Gasteiger partial charge in [-0.1, -0.05) is 46.1 Å². The van der Waals surface area contributed by atoms with Crippen molar-refractivity contribution in [1.82, 2.24) is 0 Å². The first-order chi connectivity index (χ1) is 8.66. The van der Waals surface area contributed by atoms with E-state index in [9.17, 15) is 4.79 Å². The highest BCUT2D eigenvalue weighted by Gasteiger charge is 2.20. The molecule has 18 heavy (non-hydrogen) atoms. The summed E-state index contributed by atoms with van der Waals surface area (Å²) >= 11 is 3.56. The molecule has 2 nitrogen and oxygen atoms in total. The molecule has 1 aromatic carbocycles. The van der Waals surface area contributed by atoms with Crippen LogP contribution in [0.5, 0.6) is 0 Å². The summed E-state index contributed by atoms with van der Waals surface area (Å²) in [6, 6.07) is 8.18. The maximum atomic E-state index is 10.8. The van der Waals surface area contributed by atoms with E-state index in [1.165, 1.54) is 18.1 Å². The average Bonchev–Trinajstić information content (AvgIpc) is 2.34. The Balaban J connectivity index is 2.15. The topological polar surface area (TPSA) is 37.3 Å². The smallest absolute Gasteiger partial charge is 0.328 e. The van der Waals surface area contributed by atoms with Gasteiger partial charge in [0.1, 0.15) is 0 Å². The number of rotatable bonds is 3. The highest BCUT2D eigenvalue weighted by molar-refractivity contribution is 9.10. The summed E-state index contributed by atoms with van der Waals surface area (Å²) < 4.78 is 1.12. The van der Waals surface area contributed by atoms with Gasteiger partial charge in [-0.3, -0.25) is 0 Å². The molecular weight excluding hydrogens is 292 g/mol. The van der Waals surface area contributed by atoms with Gasteiger partial charge in [-0.05, 0) is 43.2 Å². The highest BCUT2D eigenvalue weighted by atomic mass is 79.9. The Bertz CT molecular complexity index is 465. The third-order valence-electron chi connectivity index (χ3n) is 3.53.